The number of carboxylic acids is 1. The number of nitrogens with two attached hydrogens (primary N) is 1. The molecule has 4 heteroatoms. The lowest BCUT2D eigenvalue weighted by molar-refractivity contribution is -0.138. The molecular weight excluding hydrogens is 254 g/mol. The third-order valence-electron chi connectivity index (χ3n) is 3.37. The molecule has 0 saturated heterocycles. The lowest BCUT2D eigenvalue weighted by Crippen LogP contribution is -2.10. The molecule has 0 fully saturated rings. The van der Waals surface area contributed by atoms with Gasteiger partial charge in [0.1, 0.15) is 5.75 Å². The maximum atomic E-state index is 11.0. The molecule has 0 spiro atoms. The summed E-state index contributed by atoms with van der Waals surface area (Å²) in [6.07, 6.45) is 0.554. The van der Waals surface area contributed by atoms with E-state index in [9.17, 15) is 9.90 Å². The van der Waals surface area contributed by atoms with Crippen molar-refractivity contribution >= 4 is 11.7 Å². The zero-order valence-electron chi connectivity index (χ0n) is 11.2. The number of hydrogen-bond acceptors (Lipinski definition) is 3. The minimum Gasteiger partial charge on any atom is -0.508 e. The highest BCUT2D eigenvalue weighted by Gasteiger charge is 2.16. The Morgan fingerprint density at radius 2 is 1.95 bits per heavy atom. The van der Waals surface area contributed by atoms with Gasteiger partial charge < -0.3 is 15.9 Å². The molecule has 4 nitrogen and oxygen atoms in total. The largest absolute Gasteiger partial charge is 0.508 e. The summed E-state index contributed by atoms with van der Waals surface area (Å²) in [5.41, 5.74) is 8.75. The number of phenols is 1. The van der Waals surface area contributed by atoms with Gasteiger partial charge in [-0.3, -0.25) is 4.79 Å². The van der Waals surface area contributed by atoms with E-state index in [4.69, 9.17) is 10.8 Å². The number of nitrogen functional groups attached to an aromatic ring is 1. The van der Waals surface area contributed by atoms with E-state index in [0.717, 1.165) is 11.1 Å². The molecule has 0 aliphatic carbocycles. The first-order valence-corrected chi connectivity index (χ1v) is 6.37. The van der Waals surface area contributed by atoms with E-state index in [-0.39, 0.29) is 5.75 Å². The summed E-state index contributed by atoms with van der Waals surface area (Å²) >= 11 is 0. The first-order valence-electron chi connectivity index (χ1n) is 6.37. The second kappa shape index (κ2) is 5.65. The monoisotopic (exact) mass is 271 g/mol. The van der Waals surface area contributed by atoms with Crippen LogP contribution in [0.3, 0.4) is 0 Å². The molecule has 2 rings (SSSR count). The van der Waals surface area contributed by atoms with Crippen molar-refractivity contribution in [2.24, 2.45) is 0 Å². The quantitative estimate of drug-likeness (QED) is 0.747. The fraction of sp³-hybridized carbons (Fsp3) is 0.188. The van der Waals surface area contributed by atoms with Crippen LogP contribution in [0, 0.1) is 0 Å². The van der Waals surface area contributed by atoms with Crippen LogP contribution in [0.5, 0.6) is 5.75 Å². The molecule has 104 valence electrons. The van der Waals surface area contributed by atoms with Gasteiger partial charge in [-0.1, -0.05) is 30.3 Å². The normalized spacial score (nSPS) is 12.1. The lowest BCUT2D eigenvalue weighted by atomic mass is 9.95. The SMILES string of the molecule is CC(C(=O)O)c1ccc(Cc2ccccc2O)cc1N. The van der Waals surface area contributed by atoms with Crippen molar-refractivity contribution in [3.05, 3.63) is 59.2 Å². The van der Waals surface area contributed by atoms with Gasteiger partial charge in [0.15, 0.2) is 0 Å². The fourth-order valence-corrected chi connectivity index (χ4v) is 2.14. The Hall–Kier alpha value is -2.49. The zero-order valence-corrected chi connectivity index (χ0v) is 11.2. The van der Waals surface area contributed by atoms with E-state index in [1.807, 2.05) is 18.2 Å². The zero-order chi connectivity index (χ0) is 14.7. The van der Waals surface area contributed by atoms with Gasteiger partial charge >= 0.3 is 5.97 Å². The van der Waals surface area contributed by atoms with Gasteiger partial charge in [-0.15, -0.1) is 0 Å². The summed E-state index contributed by atoms with van der Waals surface area (Å²) in [5.74, 6) is -1.28. The number of carbonyl (C=O) groups is 1. The van der Waals surface area contributed by atoms with Gasteiger partial charge in [0, 0.05) is 12.1 Å². The number of rotatable bonds is 4. The van der Waals surface area contributed by atoms with E-state index in [0.29, 0.717) is 17.7 Å². The van der Waals surface area contributed by atoms with Crippen LogP contribution in [0.1, 0.15) is 29.5 Å². The van der Waals surface area contributed by atoms with Crippen molar-refractivity contribution in [1.82, 2.24) is 0 Å². The second-order valence-electron chi connectivity index (χ2n) is 4.83. The number of carboxylic acid groups (broad SMARTS) is 1. The molecule has 4 N–H and O–H groups in total. The topological polar surface area (TPSA) is 83.5 Å². The highest BCUT2D eigenvalue weighted by atomic mass is 16.4. The standard InChI is InChI=1S/C16H17NO3/c1-10(16(19)20)13-7-6-11(9-14(13)17)8-12-4-2-3-5-15(12)18/h2-7,9-10,18H,8,17H2,1H3,(H,19,20). The van der Waals surface area contributed by atoms with Crippen LogP contribution in [0.25, 0.3) is 0 Å². The molecule has 0 saturated carbocycles. The van der Waals surface area contributed by atoms with Crippen LogP contribution in [0.2, 0.25) is 0 Å². The molecule has 0 aliphatic rings. The Morgan fingerprint density at radius 3 is 2.55 bits per heavy atom. The van der Waals surface area contributed by atoms with Crippen LogP contribution in [0.4, 0.5) is 5.69 Å². The molecule has 20 heavy (non-hydrogen) atoms. The van der Waals surface area contributed by atoms with Crippen molar-refractivity contribution in [2.75, 3.05) is 5.73 Å². The summed E-state index contributed by atoms with van der Waals surface area (Å²) in [5, 5.41) is 18.8. The minimum atomic E-state index is -0.898. The molecule has 1 atom stereocenters. The molecule has 2 aromatic rings. The number of aromatic hydroxyl groups is 1. The van der Waals surface area contributed by atoms with Crippen LogP contribution in [-0.4, -0.2) is 16.2 Å². The third-order valence-corrected chi connectivity index (χ3v) is 3.37. The molecule has 0 heterocycles. The van der Waals surface area contributed by atoms with Crippen molar-refractivity contribution in [3.63, 3.8) is 0 Å². The third kappa shape index (κ3) is 2.91. The fourth-order valence-electron chi connectivity index (χ4n) is 2.14. The van der Waals surface area contributed by atoms with Crippen LogP contribution in [-0.2, 0) is 11.2 Å². The van der Waals surface area contributed by atoms with Crippen LogP contribution >= 0.6 is 0 Å². The Labute approximate surface area is 117 Å². The summed E-state index contributed by atoms with van der Waals surface area (Å²) < 4.78 is 0. The number of para-hydroxylation sites is 1. The Morgan fingerprint density at radius 1 is 1.25 bits per heavy atom. The molecule has 0 aromatic heterocycles. The molecule has 2 aromatic carbocycles. The number of anilines is 1. The molecular formula is C16H17NO3. The second-order valence-corrected chi connectivity index (χ2v) is 4.83. The van der Waals surface area contributed by atoms with E-state index in [1.165, 1.54) is 0 Å². The van der Waals surface area contributed by atoms with E-state index in [1.54, 1.807) is 31.2 Å². The lowest BCUT2D eigenvalue weighted by Gasteiger charge is -2.12. The molecule has 0 amide bonds. The average molecular weight is 271 g/mol. The van der Waals surface area contributed by atoms with Gasteiger partial charge in [-0.05, 0) is 35.7 Å². The predicted molar refractivity (Wildman–Crippen MR) is 77.8 cm³/mol. The first-order chi connectivity index (χ1) is 9.49. The molecule has 1 unspecified atom stereocenters. The van der Waals surface area contributed by atoms with E-state index < -0.39 is 11.9 Å². The summed E-state index contributed by atoms with van der Waals surface area (Å²) in [4.78, 5) is 11.0. The van der Waals surface area contributed by atoms with Gasteiger partial charge in [0.25, 0.3) is 0 Å². The number of phenolic OH excluding ortho intramolecular Hbond substituents is 1. The summed E-state index contributed by atoms with van der Waals surface area (Å²) in [6, 6.07) is 12.5. The smallest absolute Gasteiger partial charge is 0.310 e. The van der Waals surface area contributed by atoms with E-state index >= 15 is 0 Å². The van der Waals surface area contributed by atoms with Gasteiger partial charge in [-0.2, -0.15) is 0 Å². The maximum absolute atomic E-state index is 11.0. The van der Waals surface area contributed by atoms with Crippen LogP contribution < -0.4 is 5.73 Å². The van der Waals surface area contributed by atoms with Crippen molar-refractivity contribution in [3.8, 4) is 5.75 Å². The highest BCUT2D eigenvalue weighted by molar-refractivity contribution is 5.78. The van der Waals surface area contributed by atoms with E-state index in [2.05, 4.69) is 0 Å². The van der Waals surface area contributed by atoms with Gasteiger partial charge in [0.2, 0.25) is 0 Å². The highest BCUT2D eigenvalue weighted by Crippen LogP contribution is 2.26. The summed E-state index contributed by atoms with van der Waals surface area (Å²) in [6.45, 7) is 1.61. The van der Waals surface area contributed by atoms with Crippen LogP contribution in [0.15, 0.2) is 42.5 Å². The summed E-state index contributed by atoms with van der Waals surface area (Å²) in [7, 11) is 0. The average Bonchev–Trinajstić information content (AvgIpc) is 2.41. The first kappa shape index (κ1) is 13.9. The van der Waals surface area contributed by atoms with Gasteiger partial charge in [-0.25, -0.2) is 0 Å². The minimum absolute atomic E-state index is 0.244. The van der Waals surface area contributed by atoms with Crippen molar-refractivity contribution < 1.29 is 15.0 Å². The van der Waals surface area contributed by atoms with Crippen molar-refractivity contribution in [1.29, 1.82) is 0 Å². The molecule has 0 bridgehead atoms. The Kier molecular flexibility index (Phi) is 3.94. The molecule has 0 aliphatic heterocycles. The molecule has 0 radical (unpaired) electrons. The maximum Gasteiger partial charge on any atom is 0.310 e. The number of benzene rings is 2. The number of hydrogen-bond donors (Lipinski definition) is 3. The Balaban J connectivity index is 2.26. The van der Waals surface area contributed by atoms with Gasteiger partial charge in [0.05, 0.1) is 5.92 Å². The Bertz CT molecular complexity index is 637. The van der Waals surface area contributed by atoms with Crippen molar-refractivity contribution in [2.45, 2.75) is 19.3 Å². The number of aliphatic carboxylic acids is 1. The predicted octanol–water partition coefficient (Wildman–Crippen LogP) is 2.75.